The molecule has 1 amide bonds. The van der Waals surface area contributed by atoms with Gasteiger partial charge in [-0.05, 0) is 43.3 Å². The number of carbonyl (C=O) groups excluding carboxylic acids is 1. The van der Waals surface area contributed by atoms with Crippen LogP contribution in [0.5, 0.6) is 0 Å². The van der Waals surface area contributed by atoms with Gasteiger partial charge in [-0.25, -0.2) is 0 Å². The molecule has 2 aromatic carbocycles. The molecule has 0 aliphatic heterocycles. The Labute approximate surface area is 156 Å². The Balaban J connectivity index is 1.55. The summed E-state index contributed by atoms with van der Waals surface area (Å²) in [5.74, 6) is 0.532. The largest absolute Gasteiger partial charge is 0.411 e. The van der Waals surface area contributed by atoms with Crippen LogP contribution in [0.2, 0.25) is 0 Å². The average Bonchev–Trinajstić information content (AvgIpc) is 3.09. The topological polar surface area (TPSA) is 71.3 Å². The Kier molecular flexibility index (Phi) is 5.58. The number of hydrogen-bond donors (Lipinski definition) is 1. The number of anilines is 2. The molecule has 1 heterocycles. The van der Waals surface area contributed by atoms with Crippen LogP contribution in [-0.2, 0) is 4.79 Å². The van der Waals surface area contributed by atoms with E-state index in [1.807, 2.05) is 74.4 Å². The molecule has 0 spiro atoms. The highest BCUT2D eigenvalue weighted by Gasteiger charge is 2.11. The molecule has 0 saturated carbocycles. The van der Waals surface area contributed by atoms with Crippen LogP contribution in [0.4, 0.5) is 11.4 Å². The number of amides is 1. The zero-order valence-electron chi connectivity index (χ0n) is 14.9. The standard InChI is InChI=1S/C19H20N4O2S/c1-13-5-4-6-14(11-13)18-21-22-19(25-18)26-12-17(24)20-15-7-9-16(10-8-15)23(2)3/h4-11H,12H2,1-3H3,(H,20,24). The zero-order valence-corrected chi connectivity index (χ0v) is 15.7. The third-order valence-electron chi connectivity index (χ3n) is 3.67. The van der Waals surface area contributed by atoms with Crippen LogP contribution in [-0.4, -0.2) is 36.0 Å². The van der Waals surface area contributed by atoms with Gasteiger partial charge in [0.2, 0.25) is 11.8 Å². The van der Waals surface area contributed by atoms with Crippen molar-refractivity contribution in [2.45, 2.75) is 12.1 Å². The van der Waals surface area contributed by atoms with E-state index in [0.29, 0.717) is 11.1 Å². The first kappa shape index (κ1) is 18.0. The lowest BCUT2D eigenvalue weighted by atomic mass is 10.1. The fraction of sp³-hybridized carbons (Fsp3) is 0.211. The summed E-state index contributed by atoms with van der Waals surface area (Å²) >= 11 is 1.21. The SMILES string of the molecule is Cc1cccc(-c2nnc(SCC(=O)Nc3ccc(N(C)C)cc3)o2)c1. The second-order valence-corrected chi connectivity index (χ2v) is 6.95. The van der Waals surface area contributed by atoms with E-state index in [2.05, 4.69) is 15.5 Å². The molecule has 0 aliphatic rings. The molecule has 0 unspecified atom stereocenters. The molecule has 3 rings (SSSR count). The van der Waals surface area contributed by atoms with E-state index in [4.69, 9.17) is 4.42 Å². The fourth-order valence-electron chi connectivity index (χ4n) is 2.33. The van der Waals surface area contributed by atoms with Crippen LogP contribution >= 0.6 is 11.8 Å². The van der Waals surface area contributed by atoms with Crippen LogP contribution < -0.4 is 10.2 Å². The summed E-state index contributed by atoms with van der Waals surface area (Å²) in [4.78, 5) is 14.1. The van der Waals surface area contributed by atoms with Crippen molar-refractivity contribution in [3.8, 4) is 11.5 Å². The molecule has 1 N–H and O–H groups in total. The van der Waals surface area contributed by atoms with E-state index in [0.717, 1.165) is 22.5 Å². The number of aryl methyl sites for hydroxylation is 1. The van der Waals surface area contributed by atoms with Crippen LogP contribution in [0, 0.1) is 6.92 Å². The lowest BCUT2D eigenvalue weighted by molar-refractivity contribution is -0.113. The highest BCUT2D eigenvalue weighted by atomic mass is 32.2. The lowest BCUT2D eigenvalue weighted by Crippen LogP contribution is -2.14. The van der Waals surface area contributed by atoms with E-state index >= 15 is 0 Å². The summed E-state index contributed by atoms with van der Waals surface area (Å²) in [6.45, 7) is 2.00. The van der Waals surface area contributed by atoms with Crippen molar-refractivity contribution in [3.05, 3.63) is 54.1 Å². The number of carbonyl (C=O) groups is 1. The molecule has 0 radical (unpaired) electrons. The molecule has 0 saturated heterocycles. The van der Waals surface area contributed by atoms with Gasteiger partial charge in [-0.3, -0.25) is 4.79 Å². The molecule has 26 heavy (non-hydrogen) atoms. The van der Waals surface area contributed by atoms with Crippen molar-refractivity contribution in [1.29, 1.82) is 0 Å². The number of thioether (sulfide) groups is 1. The summed E-state index contributed by atoms with van der Waals surface area (Å²) in [7, 11) is 3.94. The first-order valence-corrected chi connectivity index (χ1v) is 9.10. The van der Waals surface area contributed by atoms with Gasteiger partial charge in [0.25, 0.3) is 5.22 Å². The Hall–Kier alpha value is -2.80. The number of nitrogens with zero attached hydrogens (tertiary/aromatic N) is 3. The minimum absolute atomic E-state index is 0.122. The van der Waals surface area contributed by atoms with Gasteiger partial charge >= 0.3 is 0 Å². The first-order valence-electron chi connectivity index (χ1n) is 8.12. The normalized spacial score (nSPS) is 10.6. The molecule has 7 heteroatoms. The Morgan fingerprint density at radius 3 is 2.62 bits per heavy atom. The number of benzene rings is 2. The maximum Gasteiger partial charge on any atom is 0.277 e. The average molecular weight is 368 g/mol. The molecule has 0 aliphatic carbocycles. The highest BCUT2D eigenvalue weighted by molar-refractivity contribution is 7.99. The quantitative estimate of drug-likeness (QED) is 0.667. The van der Waals surface area contributed by atoms with Crippen molar-refractivity contribution in [2.75, 3.05) is 30.1 Å². The van der Waals surface area contributed by atoms with Crippen LogP contribution in [0.3, 0.4) is 0 Å². The van der Waals surface area contributed by atoms with Crippen molar-refractivity contribution in [1.82, 2.24) is 10.2 Å². The second-order valence-electron chi connectivity index (χ2n) is 6.02. The van der Waals surface area contributed by atoms with Gasteiger partial charge < -0.3 is 14.6 Å². The summed E-state index contributed by atoms with van der Waals surface area (Å²) < 4.78 is 5.62. The summed E-state index contributed by atoms with van der Waals surface area (Å²) in [6, 6.07) is 15.5. The number of rotatable bonds is 6. The van der Waals surface area contributed by atoms with E-state index in [-0.39, 0.29) is 11.7 Å². The molecule has 134 valence electrons. The molecule has 0 fully saturated rings. The van der Waals surface area contributed by atoms with E-state index in [9.17, 15) is 4.79 Å². The monoisotopic (exact) mass is 368 g/mol. The van der Waals surface area contributed by atoms with Crippen molar-refractivity contribution < 1.29 is 9.21 Å². The van der Waals surface area contributed by atoms with Crippen LogP contribution in [0.25, 0.3) is 11.5 Å². The van der Waals surface area contributed by atoms with E-state index in [1.165, 1.54) is 11.8 Å². The summed E-state index contributed by atoms with van der Waals surface area (Å²) in [5, 5.41) is 11.3. The van der Waals surface area contributed by atoms with Gasteiger partial charge in [-0.15, -0.1) is 10.2 Å². The molecule has 3 aromatic rings. The van der Waals surface area contributed by atoms with E-state index in [1.54, 1.807) is 0 Å². The van der Waals surface area contributed by atoms with Gasteiger partial charge in [-0.2, -0.15) is 0 Å². The van der Waals surface area contributed by atoms with Crippen LogP contribution in [0.1, 0.15) is 5.56 Å². The third-order valence-corrected chi connectivity index (χ3v) is 4.48. The summed E-state index contributed by atoms with van der Waals surface area (Å²) in [6.07, 6.45) is 0. The Morgan fingerprint density at radius 1 is 1.15 bits per heavy atom. The first-order chi connectivity index (χ1) is 12.5. The molecule has 0 atom stereocenters. The third kappa shape index (κ3) is 4.64. The summed E-state index contributed by atoms with van der Waals surface area (Å²) in [5.41, 5.74) is 3.82. The molecular weight excluding hydrogens is 348 g/mol. The van der Waals surface area contributed by atoms with Gasteiger partial charge in [0.1, 0.15) is 0 Å². The van der Waals surface area contributed by atoms with E-state index < -0.39 is 0 Å². The maximum absolute atomic E-state index is 12.1. The second kappa shape index (κ2) is 8.05. The van der Waals surface area contributed by atoms with Gasteiger partial charge in [0, 0.05) is 31.0 Å². The zero-order chi connectivity index (χ0) is 18.5. The van der Waals surface area contributed by atoms with Gasteiger partial charge in [0.15, 0.2) is 0 Å². The minimum Gasteiger partial charge on any atom is -0.411 e. The predicted octanol–water partition coefficient (Wildman–Crippen LogP) is 3.84. The number of hydrogen-bond acceptors (Lipinski definition) is 6. The Morgan fingerprint density at radius 2 is 1.92 bits per heavy atom. The van der Waals surface area contributed by atoms with Gasteiger partial charge in [-0.1, -0.05) is 29.5 Å². The lowest BCUT2D eigenvalue weighted by Gasteiger charge is -2.12. The van der Waals surface area contributed by atoms with Crippen LogP contribution in [0.15, 0.2) is 58.2 Å². The van der Waals surface area contributed by atoms with Crippen molar-refractivity contribution >= 4 is 29.0 Å². The molecule has 1 aromatic heterocycles. The number of aromatic nitrogens is 2. The molecular formula is C19H20N4O2S. The van der Waals surface area contributed by atoms with Gasteiger partial charge in [0.05, 0.1) is 5.75 Å². The maximum atomic E-state index is 12.1. The highest BCUT2D eigenvalue weighted by Crippen LogP contribution is 2.24. The molecule has 0 bridgehead atoms. The fourth-order valence-corrected chi connectivity index (χ4v) is 2.89. The number of nitrogens with one attached hydrogen (secondary N) is 1. The molecule has 6 nitrogen and oxygen atoms in total. The smallest absolute Gasteiger partial charge is 0.277 e. The predicted molar refractivity (Wildman–Crippen MR) is 105 cm³/mol. The Bertz CT molecular complexity index is 891. The van der Waals surface area contributed by atoms with Crippen molar-refractivity contribution in [3.63, 3.8) is 0 Å². The van der Waals surface area contributed by atoms with Crippen molar-refractivity contribution in [2.24, 2.45) is 0 Å². The minimum atomic E-state index is -0.122.